The Kier molecular flexibility index (Phi) is 1.85. The van der Waals surface area contributed by atoms with Crippen molar-refractivity contribution in [2.24, 2.45) is 0 Å². The maximum Gasteiger partial charge on any atom is 0.0988 e. The molecule has 1 aliphatic heterocycles. The molecule has 2 nitrogen and oxygen atoms in total. The molecule has 1 N–H and O–H groups in total. The summed E-state index contributed by atoms with van der Waals surface area (Å²) in [5.41, 5.74) is 2.83. The maximum atomic E-state index is 5.97. The van der Waals surface area contributed by atoms with Crippen LogP contribution >= 0.6 is 0 Å². The number of benzene rings is 1. The van der Waals surface area contributed by atoms with E-state index in [0.29, 0.717) is 12.1 Å². The lowest BCUT2D eigenvalue weighted by Gasteiger charge is -2.32. The largest absolute Gasteiger partial charge is 0.368 e. The zero-order chi connectivity index (χ0) is 9.54. The molecule has 1 aliphatic carbocycles. The highest BCUT2D eigenvalue weighted by molar-refractivity contribution is 5.36. The van der Waals surface area contributed by atoms with Gasteiger partial charge in [-0.05, 0) is 24.5 Å². The van der Waals surface area contributed by atoms with Crippen LogP contribution in [0.15, 0.2) is 24.3 Å². The molecule has 0 bridgehead atoms. The highest BCUT2D eigenvalue weighted by Crippen LogP contribution is 2.36. The fourth-order valence-electron chi connectivity index (χ4n) is 2.52. The first-order valence-electron chi connectivity index (χ1n) is 5.31. The topological polar surface area (TPSA) is 21.3 Å². The zero-order valence-electron chi connectivity index (χ0n) is 8.36. The van der Waals surface area contributed by atoms with Gasteiger partial charge in [0.25, 0.3) is 0 Å². The minimum absolute atomic E-state index is 0.287. The highest BCUT2D eigenvalue weighted by Gasteiger charge is 2.36. The van der Waals surface area contributed by atoms with Gasteiger partial charge in [-0.2, -0.15) is 0 Å². The molecule has 14 heavy (non-hydrogen) atoms. The molecule has 3 atom stereocenters. The van der Waals surface area contributed by atoms with E-state index >= 15 is 0 Å². The second-order valence-electron chi connectivity index (χ2n) is 4.28. The Hall–Kier alpha value is -0.860. The molecule has 3 rings (SSSR count). The molecule has 1 fully saturated rings. The quantitative estimate of drug-likeness (QED) is 0.670. The van der Waals surface area contributed by atoms with Crippen LogP contribution in [0.3, 0.4) is 0 Å². The summed E-state index contributed by atoms with van der Waals surface area (Å²) in [5.74, 6) is 0. The van der Waals surface area contributed by atoms with E-state index in [4.69, 9.17) is 4.74 Å². The van der Waals surface area contributed by atoms with E-state index in [2.05, 4.69) is 36.5 Å². The molecule has 0 saturated carbocycles. The summed E-state index contributed by atoms with van der Waals surface area (Å²) in [5, 5.41) is 3.55. The summed E-state index contributed by atoms with van der Waals surface area (Å²) >= 11 is 0. The first kappa shape index (κ1) is 8.45. The van der Waals surface area contributed by atoms with Crippen molar-refractivity contribution in [2.75, 3.05) is 6.54 Å². The van der Waals surface area contributed by atoms with Gasteiger partial charge in [-0.15, -0.1) is 0 Å². The Bertz CT molecular complexity index is 350. The lowest BCUT2D eigenvalue weighted by Crippen LogP contribution is -2.45. The fraction of sp³-hybridized carbons (Fsp3) is 0.500. The molecular formula is C12H15NO. The van der Waals surface area contributed by atoms with Crippen molar-refractivity contribution in [3.63, 3.8) is 0 Å². The summed E-state index contributed by atoms with van der Waals surface area (Å²) in [4.78, 5) is 0. The van der Waals surface area contributed by atoms with Crippen LogP contribution in [0, 0.1) is 0 Å². The average molecular weight is 189 g/mol. The third-order valence-corrected chi connectivity index (χ3v) is 3.21. The Morgan fingerprint density at radius 2 is 2.21 bits per heavy atom. The van der Waals surface area contributed by atoms with E-state index in [-0.39, 0.29) is 6.10 Å². The van der Waals surface area contributed by atoms with Crippen molar-refractivity contribution in [1.29, 1.82) is 0 Å². The van der Waals surface area contributed by atoms with Gasteiger partial charge in [0.05, 0.1) is 12.2 Å². The van der Waals surface area contributed by atoms with E-state index in [0.717, 1.165) is 13.0 Å². The average Bonchev–Trinajstić information content (AvgIpc) is 2.56. The van der Waals surface area contributed by atoms with Gasteiger partial charge in [-0.25, -0.2) is 0 Å². The van der Waals surface area contributed by atoms with Crippen LogP contribution in [0.2, 0.25) is 0 Å². The summed E-state index contributed by atoms with van der Waals surface area (Å²) < 4.78 is 5.97. The standard InChI is InChI=1S/C12H15NO/c1-8-7-13-11-6-9-4-2-3-5-10(9)12(11)14-8/h2-5,8,11-13H,6-7H2,1H3. The highest BCUT2D eigenvalue weighted by atomic mass is 16.5. The Balaban J connectivity index is 1.97. The van der Waals surface area contributed by atoms with Crippen LogP contribution in [0.1, 0.15) is 24.2 Å². The Morgan fingerprint density at radius 3 is 3.14 bits per heavy atom. The predicted octanol–water partition coefficient (Wildman–Crippen LogP) is 1.66. The van der Waals surface area contributed by atoms with Crippen molar-refractivity contribution in [1.82, 2.24) is 5.32 Å². The molecule has 2 aliphatic rings. The van der Waals surface area contributed by atoms with Crippen LogP contribution in [-0.4, -0.2) is 18.7 Å². The van der Waals surface area contributed by atoms with Crippen LogP contribution in [0.25, 0.3) is 0 Å². The molecule has 1 heterocycles. The number of ether oxygens (including phenoxy) is 1. The monoisotopic (exact) mass is 189 g/mol. The normalized spacial score (nSPS) is 35.1. The van der Waals surface area contributed by atoms with Crippen molar-refractivity contribution in [3.8, 4) is 0 Å². The van der Waals surface area contributed by atoms with Crippen molar-refractivity contribution >= 4 is 0 Å². The van der Waals surface area contributed by atoms with Crippen LogP contribution < -0.4 is 5.32 Å². The lowest BCUT2D eigenvalue weighted by molar-refractivity contribution is -0.0488. The van der Waals surface area contributed by atoms with Gasteiger partial charge in [-0.3, -0.25) is 0 Å². The molecular weight excluding hydrogens is 174 g/mol. The number of hydrogen-bond acceptors (Lipinski definition) is 2. The van der Waals surface area contributed by atoms with E-state index < -0.39 is 0 Å². The second kappa shape index (κ2) is 3.07. The van der Waals surface area contributed by atoms with E-state index in [1.807, 2.05) is 0 Å². The second-order valence-corrected chi connectivity index (χ2v) is 4.28. The molecule has 1 aromatic rings. The minimum Gasteiger partial charge on any atom is -0.368 e. The first-order valence-corrected chi connectivity index (χ1v) is 5.31. The summed E-state index contributed by atoms with van der Waals surface area (Å²) in [6.45, 7) is 3.11. The lowest BCUT2D eigenvalue weighted by atomic mass is 10.1. The van der Waals surface area contributed by atoms with Gasteiger partial charge in [-0.1, -0.05) is 24.3 Å². The number of fused-ring (bicyclic) bond motifs is 3. The third kappa shape index (κ3) is 1.18. The molecule has 0 amide bonds. The van der Waals surface area contributed by atoms with Crippen molar-refractivity contribution in [2.45, 2.75) is 31.6 Å². The van der Waals surface area contributed by atoms with Crippen LogP contribution in [0.5, 0.6) is 0 Å². The number of hydrogen-bond donors (Lipinski definition) is 1. The molecule has 3 unspecified atom stereocenters. The molecule has 0 radical (unpaired) electrons. The van der Waals surface area contributed by atoms with Crippen LogP contribution in [-0.2, 0) is 11.2 Å². The van der Waals surface area contributed by atoms with Gasteiger partial charge in [0.1, 0.15) is 0 Å². The minimum atomic E-state index is 0.287. The van der Waals surface area contributed by atoms with Crippen molar-refractivity contribution < 1.29 is 4.74 Å². The van der Waals surface area contributed by atoms with Gasteiger partial charge >= 0.3 is 0 Å². The maximum absolute atomic E-state index is 5.97. The van der Waals surface area contributed by atoms with Gasteiger partial charge in [0, 0.05) is 12.6 Å². The summed E-state index contributed by atoms with van der Waals surface area (Å²) in [6.07, 6.45) is 1.74. The van der Waals surface area contributed by atoms with Crippen LogP contribution in [0.4, 0.5) is 0 Å². The fourth-order valence-corrected chi connectivity index (χ4v) is 2.52. The molecule has 0 aromatic heterocycles. The molecule has 0 spiro atoms. The predicted molar refractivity (Wildman–Crippen MR) is 55.2 cm³/mol. The summed E-state index contributed by atoms with van der Waals surface area (Å²) in [6, 6.07) is 9.12. The van der Waals surface area contributed by atoms with Gasteiger partial charge < -0.3 is 10.1 Å². The van der Waals surface area contributed by atoms with Gasteiger partial charge in [0.15, 0.2) is 0 Å². The zero-order valence-corrected chi connectivity index (χ0v) is 8.36. The molecule has 74 valence electrons. The van der Waals surface area contributed by atoms with Gasteiger partial charge in [0.2, 0.25) is 0 Å². The molecule has 2 heteroatoms. The number of morpholine rings is 1. The Labute approximate surface area is 84.3 Å². The number of nitrogens with one attached hydrogen (secondary N) is 1. The first-order chi connectivity index (χ1) is 6.84. The summed E-state index contributed by atoms with van der Waals surface area (Å²) in [7, 11) is 0. The Morgan fingerprint density at radius 1 is 1.36 bits per heavy atom. The van der Waals surface area contributed by atoms with Crippen molar-refractivity contribution in [3.05, 3.63) is 35.4 Å². The molecule has 1 saturated heterocycles. The third-order valence-electron chi connectivity index (χ3n) is 3.21. The van der Waals surface area contributed by atoms with E-state index in [1.54, 1.807) is 0 Å². The number of rotatable bonds is 0. The van der Waals surface area contributed by atoms with E-state index in [1.165, 1.54) is 11.1 Å². The smallest absolute Gasteiger partial charge is 0.0988 e. The SMILES string of the molecule is CC1CNC2Cc3ccccc3C2O1. The van der Waals surface area contributed by atoms with E-state index in [9.17, 15) is 0 Å². The molecule has 1 aromatic carbocycles.